The SMILES string of the molecule is CC(=O)c1cccc(Nc2cc(C(=O)Nc3cc(C)ccc3C)nc(C)n2)c1. The molecule has 1 amide bonds. The third-order valence-electron chi connectivity index (χ3n) is 4.25. The van der Waals surface area contributed by atoms with Gasteiger partial charge in [-0.15, -0.1) is 0 Å². The lowest BCUT2D eigenvalue weighted by Gasteiger charge is -2.11. The molecule has 0 saturated heterocycles. The quantitative estimate of drug-likeness (QED) is 0.638. The van der Waals surface area contributed by atoms with Gasteiger partial charge in [-0.1, -0.05) is 24.3 Å². The van der Waals surface area contributed by atoms with Gasteiger partial charge in [-0.05, 0) is 57.0 Å². The minimum Gasteiger partial charge on any atom is -0.340 e. The van der Waals surface area contributed by atoms with Crippen LogP contribution in [0.3, 0.4) is 0 Å². The molecule has 0 aliphatic carbocycles. The Labute approximate surface area is 164 Å². The van der Waals surface area contributed by atoms with E-state index in [1.165, 1.54) is 6.92 Å². The van der Waals surface area contributed by atoms with Gasteiger partial charge in [0.1, 0.15) is 17.3 Å². The second-order valence-electron chi connectivity index (χ2n) is 6.72. The van der Waals surface area contributed by atoms with Crippen LogP contribution < -0.4 is 10.6 Å². The van der Waals surface area contributed by atoms with Gasteiger partial charge in [0, 0.05) is 23.0 Å². The van der Waals surface area contributed by atoms with Crippen LogP contribution in [-0.4, -0.2) is 21.7 Å². The lowest BCUT2D eigenvalue weighted by atomic mass is 10.1. The summed E-state index contributed by atoms with van der Waals surface area (Å²) in [5.74, 6) is 0.633. The van der Waals surface area contributed by atoms with E-state index >= 15 is 0 Å². The molecule has 3 rings (SSSR count). The average Bonchev–Trinajstić information content (AvgIpc) is 2.64. The van der Waals surface area contributed by atoms with Crippen molar-refractivity contribution in [3.63, 3.8) is 0 Å². The summed E-state index contributed by atoms with van der Waals surface area (Å²) in [5, 5.41) is 6.04. The Kier molecular flexibility index (Phi) is 5.49. The Hall–Kier alpha value is -3.54. The van der Waals surface area contributed by atoms with E-state index in [-0.39, 0.29) is 17.4 Å². The minimum atomic E-state index is -0.306. The normalized spacial score (nSPS) is 10.4. The molecule has 0 bridgehead atoms. The molecule has 0 unspecified atom stereocenters. The number of amides is 1. The second kappa shape index (κ2) is 8.00. The number of nitrogens with one attached hydrogen (secondary N) is 2. The number of rotatable bonds is 5. The van der Waals surface area contributed by atoms with Gasteiger partial charge in [0.25, 0.3) is 5.91 Å². The van der Waals surface area contributed by atoms with Gasteiger partial charge < -0.3 is 10.6 Å². The van der Waals surface area contributed by atoms with Crippen molar-refractivity contribution >= 4 is 28.9 Å². The molecule has 0 aliphatic rings. The van der Waals surface area contributed by atoms with Crippen molar-refractivity contribution < 1.29 is 9.59 Å². The summed E-state index contributed by atoms with van der Waals surface area (Å²) in [6, 6.07) is 14.6. The van der Waals surface area contributed by atoms with Crippen molar-refractivity contribution in [2.75, 3.05) is 10.6 Å². The molecule has 2 aromatic carbocycles. The van der Waals surface area contributed by atoms with Crippen LogP contribution in [0.4, 0.5) is 17.2 Å². The largest absolute Gasteiger partial charge is 0.340 e. The fourth-order valence-corrected chi connectivity index (χ4v) is 2.77. The Balaban J connectivity index is 1.85. The highest BCUT2D eigenvalue weighted by atomic mass is 16.2. The third-order valence-corrected chi connectivity index (χ3v) is 4.25. The molecule has 0 atom stereocenters. The van der Waals surface area contributed by atoms with E-state index in [4.69, 9.17) is 0 Å². The standard InChI is InChI=1S/C22H22N4O2/c1-13-8-9-14(2)19(10-13)26-22(28)20-12-21(24-16(4)23-20)25-18-7-5-6-17(11-18)15(3)27/h5-12H,1-4H3,(H,26,28)(H,23,24,25). The maximum absolute atomic E-state index is 12.7. The maximum Gasteiger partial charge on any atom is 0.274 e. The zero-order chi connectivity index (χ0) is 20.3. The van der Waals surface area contributed by atoms with Crippen molar-refractivity contribution in [3.05, 3.63) is 76.7 Å². The molecule has 142 valence electrons. The van der Waals surface area contributed by atoms with Crippen molar-refractivity contribution in [3.8, 4) is 0 Å². The zero-order valence-electron chi connectivity index (χ0n) is 16.3. The molecule has 1 heterocycles. The number of carbonyl (C=O) groups excluding carboxylic acids is 2. The number of nitrogens with zero attached hydrogens (tertiary/aromatic N) is 2. The predicted octanol–water partition coefficient (Wildman–Crippen LogP) is 4.60. The Bertz CT molecular complexity index is 1060. The minimum absolute atomic E-state index is 0.0175. The smallest absolute Gasteiger partial charge is 0.274 e. The summed E-state index contributed by atoms with van der Waals surface area (Å²) < 4.78 is 0. The zero-order valence-corrected chi connectivity index (χ0v) is 16.3. The first-order valence-electron chi connectivity index (χ1n) is 8.94. The Morgan fingerprint density at radius 3 is 2.46 bits per heavy atom. The van der Waals surface area contributed by atoms with E-state index in [0.717, 1.165) is 16.8 Å². The number of Topliss-reactive ketones (excluding diaryl/α,β-unsaturated/α-hetero) is 1. The van der Waals surface area contributed by atoms with Gasteiger partial charge in [0.15, 0.2) is 5.78 Å². The highest BCUT2D eigenvalue weighted by Gasteiger charge is 2.13. The highest BCUT2D eigenvalue weighted by molar-refractivity contribution is 6.03. The number of anilines is 3. The third kappa shape index (κ3) is 4.59. The maximum atomic E-state index is 12.7. The highest BCUT2D eigenvalue weighted by Crippen LogP contribution is 2.20. The lowest BCUT2D eigenvalue weighted by molar-refractivity contribution is 0.101. The van der Waals surface area contributed by atoms with Gasteiger partial charge in [-0.25, -0.2) is 9.97 Å². The van der Waals surface area contributed by atoms with Crippen molar-refractivity contribution in [2.45, 2.75) is 27.7 Å². The molecule has 0 fully saturated rings. The second-order valence-corrected chi connectivity index (χ2v) is 6.72. The van der Waals surface area contributed by atoms with Crippen LogP contribution >= 0.6 is 0 Å². The topological polar surface area (TPSA) is 84.0 Å². The summed E-state index contributed by atoms with van der Waals surface area (Å²) >= 11 is 0. The van der Waals surface area contributed by atoms with Crippen LogP contribution in [-0.2, 0) is 0 Å². The molecular weight excluding hydrogens is 352 g/mol. The first-order chi connectivity index (χ1) is 13.3. The number of carbonyl (C=O) groups is 2. The van der Waals surface area contributed by atoms with Crippen molar-refractivity contribution in [1.82, 2.24) is 9.97 Å². The molecule has 2 N–H and O–H groups in total. The van der Waals surface area contributed by atoms with Crippen molar-refractivity contribution in [1.29, 1.82) is 0 Å². The fourth-order valence-electron chi connectivity index (χ4n) is 2.77. The molecule has 1 aromatic heterocycles. The Morgan fingerprint density at radius 2 is 1.71 bits per heavy atom. The van der Waals surface area contributed by atoms with Crippen LogP contribution in [0.25, 0.3) is 0 Å². The fraction of sp³-hybridized carbons (Fsp3) is 0.182. The molecule has 6 nitrogen and oxygen atoms in total. The predicted molar refractivity (Wildman–Crippen MR) is 110 cm³/mol. The van der Waals surface area contributed by atoms with E-state index < -0.39 is 0 Å². The summed E-state index contributed by atoms with van der Waals surface area (Å²) in [6.45, 7) is 7.16. The Morgan fingerprint density at radius 1 is 0.929 bits per heavy atom. The number of hydrogen-bond donors (Lipinski definition) is 2. The summed E-state index contributed by atoms with van der Waals surface area (Å²) in [5.41, 5.74) is 4.37. The summed E-state index contributed by atoms with van der Waals surface area (Å²) in [7, 11) is 0. The van der Waals surface area contributed by atoms with Crippen LogP contribution in [0.1, 0.15) is 44.7 Å². The van der Waals surface area contributed by atoms with Gasteiger partial charge in [-0.2, -0.15) is 0 Å². The summed E-state index contributed by atoms with van der Waals surface area (Å²) in [4.78, 5) is 32.9. The monoisotopic (exact) mass is 374 g/mol. The van der Waals surface area contributed by atoms with E-state index in [0.29, 0.717) is 22.9 Å². The molecule has 28 heavy (non-hydrogen) atoms. The van der Waals surface area contributed by atoms with Crippen molar-refractivity contribution in [2.24, 2.45) is 0 Å². The summed E-state index contributed by atoms with van der Waals surface area (Å²) in [6.07, 6.45) is 0. The first-order valence-corrected chi connectivity index (χ1v) is 8.94. The lowest BCUT2D eigenvalue weighted by Crippen LogP contribution is -2.16. The number of aromatic nitrogens is 2. The molecule has 0 aliphatic heterocycles. The molecule has 3 aromatic rings. The first kappa shape index (κ1) is 19.2. The molecule has 6 heteroatoms. The molecule has 0 radical (unpaired) electrons. The van der Waals surface area contributed by atoms with E-state index in [2.05, 4.69) is 20.6 Å². The number of benzene rings is 2. The van der Waals surface area contributed by atoms with Gasteiger partial charge in [-0.3, -0.25) is 9.59 Å². The van der Waals surface area contributed by atoms with Crippen LogP contribution in [0.2, 0.25) is 0 Å². The van der Waals surface area contributed by atoms with Crippen LogP contribution in [0, 0.1) is 20.8 Å². The molecule has 0 spiro atoms. The van der Waals surface area contributed by atoms with Crippen LogP contribution in [0.5, 0.6) is 0 Å². The number of hydrogen-bond acceptors (Lipinski definition) is 5. The molecular formula is C22H22N4O2. The number of aryl methyl sites for hydroxylation is 3. The van der Waals surface area contributed by atoms with Gasteiger partial charge >= 0.3 is 0 Å². The average molecular weight is 374 g/mol. The van der Waals surface area contributed by atoms with E-state index in [1.807, 2.05) is 38.1 Å². The van der Waals surface area contributed by atoms with Gasteiger partial charge in [0.05, 0.1) is 0 Å². The van der Waals surface area contributed by atoms with E-state index in [1.54, 1.807) is 31.2 Å². The van der Waals surface area contributed by atoms with Crippen LogP contribution in [0.15, 0.2) is 48.5 Å². The number of ketones is 1. The van der Waals surface area contributed by atoms with Gasteiger partial charge in [0.2, 0.25) is 0 Å². The molecule has 0 saturated carbocycles. The van der Waals surface area contributed by atoms with E-state index in [9.17, 15) is 9.59 Å².